The second kappa shape index (κ2) is 4.61. The lowest BCUT2D eigenvalue weighted by Gasteiger charge is -2.03. The molecule has 1 aromatic carbocycles. The van der Waals surface area contributed by atoms with Gasteiger partial charge in [-0.3, -0.25) is 0 Å². The third kappa shape index (κ3) is 1.93. The molecule has 1 aromatic heterocycles. The SMILES string of the molecule is C=Cc1c(/C(=C\C)B(O)O)oc2ccccc12. The molecule has 0 aliphatic heterocycles. The van der Waals surface area contributed by atoms with E-state index in [0.717, 1.165) is 10.9 Å². The highest BCUT2D eigenvalue weighted by atomic mass is 16.4. The maximum Gasteiger partial charge on any atom is 0.491 e. The van der Waals surface area contributed by atoms with Gasteiger partial charge in [0.1, 0.15) is 11.3 Å². The predicted molar refractivity (Wildman–Crippen MR) is 70.1 cm³/mol. The Morgan fingerprint density at radius 1 is 1.35 bits per heavy atom. The summed E-state index contributed by atoms with van der Waals surface area (Å²) in [4.78, 5) is 0. The maximum atomic E-state index is 9.30. The Kier molecular flexibility index (Phi) is 3.18. The van der Waals surface area contributed by atoms with Gasteiger partial charge in [0.25, 0.3) is 0 Å². The molecule has 0 fully saturated rings. The molecule has 3 nitrogen and oxygen atoms in total. The molecule has 86 valence electrons. The highest BCUT2D eigenvalue weighted by molar-refractivity contribution is 6.65. The molecule has 0 bridgehead atoms. The number of fused-ring (bicyclic) bond motifs is 1. The van der Waals surface area contributed by atoms with E-state index < -0.39 is 7.12 Å². The van der Waals surface area contributed by atoms with Gasteiger partial charge in [-0.25, -0.2) is 0 Å². The van der Waals surface area contributed by atoms with E-state index in [2.05, 4.69) is 6.58 Å². The lowest BCUT2D eigenvalue weighted by atomic mass is 9.76. The minimum atomic E-state index is -1.56. The molecule has 2 aromatic rings. The van der Waals surface area contributed by atoms with Crippen LogP contribution < -0.4 is 0 Å². The van der Waals surface area contributed by atoms with Gasteiger partial charge in [0.2, 0.25) is 0 Å². The molecule has 0 saturated carbocycles. The second-order valence-corrected chi connectivity index (χ2v) is 3.66. The number of rotatable bonds is 3. The van der Waals surface area contributed by atoms with E-state index >= 15 is 0 Å². The van der Waals surface area contributed by atoms with Crippen molar-refractivity contribution in [3.8, 4) is 0 Å². The van der Waals surface area contributed by atoms with Crippen molar-refractivity contribution in [3.63, 3.8) is 0 Å². The molecule has 1 heterocycles. The van der Waals surface area contributed by atoms with Crippen LogP contribution in [0, 0.1) is 0 Å². The Morgan fingerprint density at radius 3 is 2.65 bits per heavy atom. The van der Waals surface area contributed by atoms with Crippen LogP contribution in [-0.2, 0) is 0 Å². The molecule has 2 rings (SSSR count). The van der Waals surface area contributed by atoms with Crippen molar-refractivity contribution in [2.75, 3.05) is 0 Å². The van der Waals surface area contributed by atoms with Gasteiger partial charge >= 0.3 is 7.12 Å². The van der Waals surface area contributed by atoms with Crippen LogP contribution in [0.1, 0.15) is 18.2 Å². The number of para-hydroxylation sites is 1. The van der Waals surface area contributed by atoms with Crippen molar-refractivity contribution >= 4 is 29.6 Å². The number of hydrogen-bond acceptors (Lipinski definition) is 3. The third-order valence-corrected chi connectivity index (χ3v) is 2.69. The molecule has 0 aliphatic carbocycles. The van der Waals surface area contributed by atoms with Gasteiger partial charge in [-0.2, -0.15) is 0 Å². The summed E-state index contributed by atoms with van der Waals surface area (Å²) in [6, 6.07) is 7.52. The Bertz CT molecular complexity index is 581. The van der Waals surface area contributed by atoms with Crippen LogP contribution in [0.15, 0.2) is 41.3 Å². The number of hydrogen-bond donors (Lipinski definition) is 2. The minimum Gasteiger partial charge on any atom is -0.456 e. The van der Waals surface area contributed by atoms with Gasteiger partial charge in [-0.05, 0) is 13.0 Å². The van der Waals surface area contributed by atoms with Gasteiger partial charge in [-0.1, -0.05) is 36.9 Å². The molecule has 0 amide bonds. The number of allylic oxidation sites excluding steroid dienone is 1. The zero-order chi connectivity index (χ0) is 12.4. The Labute approximate surface area is 99.8 Å². The predicted octanol–water partition coefficient (Wildman–Crippen LogP) is 2.49. The van der Waals surface area contributed by atoms with E-state index in [1.807, 2.05) is 24.3 Å². The fraction of sp³-hybridized carbons (Fsp3) is 0.0769. The summed E-state index contributed by atoms with van der Waals surface area (Å²) in [5.41, 5.74) is 1.83. The lowest BCUT2D eigenvalue weighted by molar-refractivity contribution is 0.425. The highest BCUT2D eigenvalue weighted by Gasteiger charge is 2.23. The van der Waals surface area contributed by atoms with Crippen molar-refractivity contribution in [2.45, 2.75) is 6.92 Å². The summed E-state index contributed by atoms with van der Waals surface area (Å²) >= 11 is 0. The van der Waals surface area contributed by atoms with Crippen LogP contribution in [0.2, 0.25) is 0 Å². The Hall–Kier alpha value is -1.78. The fourth-order valence-electron chi connectivity index (χ4n) is 1.88. The van der Waals surface area contributed by atoms with E-state index in [0.29, 0.717) is 16.8 Å². The van der Waals surface area contributed by atoms with Crippen LogP contribution in [0.5, 0.6) is 0 Å². The smallest absolute Gasteiger partial charge is 0.456 e. The van der Waals surface area contributed by atoms with Crippen LogP contribution >= 0.6 is 0 Å². The van der Waals surface area contributed by atoms with E-state index in [9.17, 15) is 10.0 Å². The van der Waals surface area contributed by atoms with Crippen LogP contribution in [-0.4, -0.2) is 17.2 Å². The van der Waals surface area contributed by atoms with Gasteiger partial charge in [0.05, 0.1) is 0 Å². The summed E-state index contributed by atoms with van der Waals surface area (Å²) in [6.07, 6.45) is 3.28. The zero-order valence-corrected chi connectivity index (χ0v) is 9.55. The summed E-state index contributed by atoms with van der Waals surface area (Å²) in [6.45, 7) is 5.47. The van der Waals surface area contributed by atoms with Crippen molar-refractivity contribution in [3.05, 3.63) is 48.2 Å². The first-order valence-corrected chi connectivity index (χ1v) is 5.35. The van der Waals surface area contributed by atoms with Crippen LogP contribution in [0.4, 0.5) is 0 Å². The van der Waals surface area contributed by atoms with E-state index in [4.69, 9.17) is 4.42 Å². The van der Waals surface area contributed by atoms with Crippen molar-refractivity contribution in [1.82, 2.24) is 0 Å². The van der Waals surface area contributed by atoms with Crippen LogP contribution in [0.3, 0.4) is 0 Å². The van der Waals surface area contributed by atoms with Crippen LogP contribution in [0.25, 0.3) is 22.5 Å². The lowest BCUT2D eigenvalue weighted by Crippen LogP contribution is -2.14. The third-order valence-electron chi connectivity index (χ3n) is 2.69. The summed E-state index contributed by atoms with van der Waals surface area (Å²) in [5.74, 6) is 0.457. The van der Waals surface area contributed by atoms with Gasteiger partial charge in [-0.15, -0.1) is 0 Å². The first-order valence-electron chi connectivity index (χ1n) is 5.35. The Morgan fingerprint density at radius 2 is 2.06 bits per heavy atom. The van der Waals surface area contributed by atoms with Crippen molar-refractivity contribution < 1.29 is 14.5 Å². The topological polar surface area (TPSA) is 53.6 Å². The summed E-state index contributed by atoms with van der Waals surface area (Å²) in [5, 5.41) is 19.5. The fourth-order valence-corrected chi connectivity index (χ4v) is 1.88. The standard InChI is InChI=1S/C13H13BO3/c1-3-9-10-7-5-6-8-12(10)17-13(9)11(4-2)14(15)16/h3-8,15-16H,1H2,2H3/b11-4+. The number of furan rings is 1. The molecule has 2 N–H and O–H groups in total. The first-order chi connectivity index (χ1) is 8.19. The minimum absolute atomic E-state index is 0.344. The Balaban J connectivity index is 2.73. The van der Waals surface area contributed by atoms with E-state index in [-0.39, 0.29) is 0 Å². The summed E-state index contributed by atoms with van der Waals surface area (Å²) < 4.78 is 5.64. The van der Waals surface area contributed by atoms with Crippen molar-refractivity contribution in [1.29, 1.82) is 0 Å². The largest absolute Gasteiger partial charge is 0.491 e. The second-order valence-electron chi connectivity index (χ2n) is 3.66. The monoisotopic (exact) mass is 228 g/mol. The van der Waals surface area contributed by atoms with Gasteiger partial charge < -0.3 is 14.5 Å². The molecule has 0 atom stereocenters. The molecular formula is C13H13BO3. The molecular weight excluding hydrogens is 215 g/mol. The maximum absolute atomic E-state index is 9.30. The van der Waals surface area contributed by atoms with Crippen molar-refractivity contribution in [2.24, 2.45) is 0 Å². The normalized spacial score (nSPS) is 11.8. The zero-order valence-electron chi connectivity index (χ0n) is 9.55. The average Bonchev–Trinajstić information content (AvgIpc) is 2.67. The molecule has 0 spiro atoms. The summed E-state index contributed by atoms with van der Waals surface area (Å²) in [7, 11) is -1.56. The molecule has 0 unspecified atom stereocenters. The van der Waals surface area contributed by atoms with Gasteiger partial charge in [0, 0.05) is 16.4 Å². The average molecular weight is 228 g/mol. The molecule has 17 heavy (non-hydrogen) atoms. The highest BCUT2D eigenvalue weighted by Crippen LogP contribution is 2.31. The quantitative estimate of drug-likeness (QED) is 0.793. The van der Waals surface area contributed by atoms with Gasteiger partial charge in [0.15, 0.2) is 0 Å². The molecule has 0 aliphatic rings. The molecule has 4 heteroatoms. The van der Waals surface area contributed by atoms with E-state index in [1.54, 1.807) is 19.1 Å². The molecule has 0 saturated heterocycles. The van der Waals surface area contributed by atoms with E-state index in [1.165, 1.54) is 0 Å². The first kappa shape index (κ1) is 11.7. The number of benzene rings is 1. The molecule has 0 radical (unpaired) electrons.